The average molecular weight is 587 g/mol. The van der Waals surface area contributed by atoms with Crippen LogP contribution in [0.1, 0.15) is 49.0 Å². The molecule has 2 amide bonds. The van der Waals surface area contributed by atoms with Crippen molar-refractivity contribution in [2.75, 3.05) is 23.3 Å². The van der Waals surface area contributed by atoms with Crippen LogP contribution < -0.4 is 15.5 Å². The summed E-state index contributed by atoms with van der Waals surface area (Å²) in [6, 6.07) is 5.12. The van der Waals surface area contributed by atoms with Crippen LogP contribution in [0.25, 0.3) is 5.65 Å². The van der Waals surface area contributed by atoms with Crippen LogP contribution in [0.15, 0.2) is 30.5 Å². The number of amides is 2. The molecule has 3 heterocycles. The highest BCUT2D eigenvalue weighted by Gasteiger charge is 2.49. The molecule has 1 aromatic carbocycles. The van der Waals surface area contributed by atoms with Crippen LogP contribution in [0.5, 0.6) is 0 Å². The van der Waals surface area contributed by atoms with Gasteiger partial charge < -0.3 is 15.5 Å². The van der Waals surface area contributed by atoms with Gasteiger partial charge in [0.1, 0.15) is 5.82 Å². The Morgan fingerprint density at radius 3 is 2.59 bits per heavy atom. The summed E-state index contributed by atoms with van der Waals surface area (Å²) in [7, 11) is 0. The van der Waals surface area contributed by atoms with Crippen LogP contribution in [-0.2, 0) is 4.79 Å². The minimum Gasteiger partial charge on any atom is -0.382 e. The Labute approximate surface area is 230 Å². The fourth-order valence-electron chi connectivity index (χ4n) is 5.35. The van der Waals surface area contributed by atoms with Crippen molar-refractivity contribution in [2.24, 2.45) is 5.41 Å². The van der Waals surface area contributed by atoms with E-state index in [9.17, 15) is 27.2 Å². The number of alkyl halides is 3. The number of benzene rings is 1. The molecule has 2 N–H and O–H groups in total. The minimum absolute atomic E-state index is 0.0192. The molecule has 1 saturated heterocycles. The molecule has 0 unspecified atom stereocenters. The minimum atomic E-state index is -4.32. The molecule has 2 aliphatic rings. The number of imidazole rings is 1. The second kappa shape index (κ2) is 10.5. The molecule has 2 aromatic heterocycles. The molecular weight excluding hydrogens is 563 g/mol. The van der Waals surface area contributed by atoms with Crippen LogP contribution >= 0.6 is 23.2 Å². The number of carbonyl (C=O) groups excluding carboxylic acids is 2. The zero-order valence-corrected chi connectivity index (χ0v) is 22.0. The van der Waals surface area contributed by atoms with Gasteiger partial charge >= 0.3 is 6.18 Å². The second-order valence-corrected chi connectivity index (χ2v) is 10.7. The van der Waals surface area contributed by atoms with Gasteiger partial charge in [0, 0.05) is 25.2 Å². The number of rotatable bonds is 6. The number of nitrogens with one attached hydrogen (secondary N) is 2. The number of fused-ring (bicyclic) bond motifs is 1. The maximum absolute atomic E-state index is 13.5. The summed E-state index contributed by atoms with van der Waals surface area (Å²) in [4.78, 5) is 32.2. The molecule has 5 rings (SSSR count). The normalized spacial score (nSPS) is 21.6. The first-order valence-corrected chi connectivity index (χ1v) is 13.1. The van der Waals surface area contributed by atoms with Crippen molar-refractivity contribution in [1.29, 1.82) is 0 Å². The predicted octanol–water partition coefficient (Wildman–Crippen LogP) is 5.64. The number of aromatic nitrogens is 3. The second-order valence-electron chi connectivity index (χ2n) is 9.88. The Hall–Kier alpha value is -3.12. The van der Waals surface area contributed by atoms with Gasteiger partial charge in [-0.1, -0.05) is 23.2 Å². The number of nitrogens with zero attached hydrogens (tertiary/aromatic N) is 4. The van der Waals surface area contributed by atoms with E-state index in [1.165, 1.54) is 35.0 Å². The molecule has 0 bridgehead atoms. The van der Waals surface area contributed by atoms with Crippen molar-refractivity contribution in [3.05, 3.63) is 52.1 Å². The molecule has 1 aliphatic carbocycles. The van der Waals surface area contributed by atoms with Gasteiger partial charge in [-0.15, -0.1) is 0 Å². The Kier molecular flexibility index (Phi) is 7.36. The average Bonchev–Trinajstić information content (AvgIpc) is 3.42. The van der Waals surface area contributed by atoms with E-state index in [4.69, 9.17) is 23.2 Å². The Bertz CT molecular complexity index is 1420. The van der Waals surface area contributed by atoms with E-state index in [-0.39, 0.29) is 45.7 Å². The van der Waals surface area contributed by atoms with Gasteiger partial charge in [-0.2, -0.15) is 18.3 Å². The summed E-state index contributed by atoms with van der Waals surface area (Å²) in [6.07, 6.45) is -1.18. The summed E-state index contributed by atoms with van der Waals surface area (Å²) < 4.78 is 52.3. The van der Waals surface area contributed by atoms with Crippen molar-refractivity contribution >= 4 is 52.0 Å². The number of hydrogen-bond donors (Lipinski definition) is 2. The number of hydrogen-bond acceptors (Lipinski definition) is 5. The molecule has 208 valence electrons. The van der Waals surface area contributed by atoms with E-state index in [2.05, 4.69) is 20.7 Å². The fraction of sp³-hybridized carbons (Fsp3) is 0.440. The van der Waals surface area contributed by atoms with E-state index in [1.54, 1.807) is 4.90 Å². The molecule has 1 aliphatic heterocycles. The number of carbonyl (C=O) groups is 2. The monoisotopic (exact) mass is 586 g/mol. The zero-order valence-electron chi connectivity index (χ0n) is 20.5. The van der Waals surface area contributed by atoms with Gasteiger partial charge in [0.05, 0.1) is 34.4 Å². The zero-order chi connectivity index (χ0) is 27.9. The molecule has 1 saturated carbocycles. The smallest absolute Gasteiger partial charge is 0.382 e. The summed E-state index contributed by atoms with van der Waals surface area (Å²) in [6.45, 7) is 0.0933. The third-order valence-electron chi connectivity index (χ3n) is 7.39. The predicted molar refractivity (Wildman–Crippen MR) is 138 cm³/mol. The molecule has 0 atom stereocenters. The van der Waals surface area contributed by atoms with Crippen molar-refractivity contribution in [3.8, 4) is 0 Å². The van der Waals surface area contributed by atoms with Crippen LogP contribution in [0.3, 0.4) is 0 Å². The molecule has 8 nitrogen and oxygen atoms in total. The summed E-state index contributed by atoms with van der Waals surface area (Å²) in [5, 5.41) is 9.86. The maximum atomic E-state index is 13.5. The molecule has 2 fully saturated rings. The Balaban J connectivity index is 1.23. The van der Waals surface area contributed by atoms with Crippen molar-refractivity contribution < 1.29 is 27.2 Å². The highest BCUT2D eigenvalue weighted by molar-refractivity contribution is 6.34. The highest BCUT2D eigenvalue weighted by Crippen LogP contribution is 2.47. The van der Waals surface area contributed by atoms with E-state index in [0.29, 0.717) is 44.3 Å². The van der Waals surface area contributed by atoms with Gasteiger partial charge in [0.2, 0.25) is 5.91 Å². The molecule has 3 aromatic rings. The first kappa shape index (κ1) is 27.4. The van der Waals surface area contributed by atoms with Crippen LogP contribution in [0.4, 0.5) is 28.9 Å². The van der Waals surface area contributed by atoms with Crippen LogP contribution in [-0.4, -0.2) is 51.7 Å². The molecular formula is C25H24Cl2F4N6O2. The van der Waals surface area contributed by atoms with E-state index < -0.39 is 29.7 Å². The van der Waals surface area contributed by atoms with Crippen LogP contribution in [0, 0.1) is 11.2 Å². The lowest BCUT2D eigenvalue weighted by molar-refractivity contribution is -0.131. The lowest BCUT2D eigenvalue weighted by Crippen LogP contribution is -2.44. The van der Waals surface area contributed by atoms with Crippen molar-refractivity contribution in [1.82, 2.24) is 19.9 Å². The topological polar surface area (TPSA) is 91.6 Å². The van der Waals surface area contributed by atoms with E-state index in [1.807, 2.05) is 0 Å². The molecule has 1 spiro atoms. The quantitative estimate of drug-likeness (QED) is 0.365. The van der Waals surface area contributed by atoms with Gasteiger partial charge in [0.25, 0.3) is 5.91 Å². The SMILES string of the molecule is O=C(NC1CCC2(CC1)CCN(c1ccc(F)cc1Cl)C2=O)c1cnc2c(NCCC(F)(F)F)cc(Cl)nn12. The number of halogens is 6. The Morgan fingerprint density at radius 1 is 1.15 bits per heavy atom. The highest BCUT2D eigenvalue weighted by atomic mass is 35.5. The summed E-state index contributed by atoms with van der Waals surface area (Å²) in [5.74, 6) is -0.984. The molecule has 0 radical (unpaired) electrons. The lowest BCUT2D eigenvalue weighted by atomic mass is 9.71. The van der Waals surface area contributed by atoms with E-state index >= 15 is 0 Å². The molecule has 39 heavy (non-hydrogen) atoms. The van der Waals surface area contributed by atoms with Crippen LogP contribution in [0.2, 0.25) is 10.2 Å². The largest absolute Gasteiger partial charge is 0.390 e. The standard InChI is InChI=1S/C25H24Cl2F4N6O2/c26-16-11-14(28)1-2-18(16)36-10-8-24(23(36)39)5-3-15(4-6-24)34-22(38)19-13-33-21-17(12-20(27)35-37(19)21)32-9-7-25(29,30)31/h1-2,11-13,15,32H,3-10H2,(H,34,38). The third kappa shape index (κ3) is 5.62. The fourth-order valence-corrected chi connectivity index (χ4v) is 5.80. The van der Waals surface area contributed by atoms with Gasteiger partial charge in [0.15, 0.2) is 16.5 Å². The summed E-state index contributed by atoms with van der Waals surface area (Å²) in [5.41, 5.74) is 0.407. The lowest BCUT2D eigenvalue weighted by Gasteiger charge is -2.36. The van der Waals surface area contributed by atoms with Gasteiger partial charge in [-0.25, -0.2) is 13.9 Å². The number of anilines is 2. The third-order valence-corrected chi connectivity index (χ3v) is 7.87. The Morgan fingerprint density at radius 2 is 1.90 bits per heavy atom. The summed E-state index contributed by atoms with van der Waals surface area (Å²) >= 11 is 12.2. The van der Waals surface area contributed by atoms with Crippen molar-refractivity contribution in [3.63, 3.8) is 0 Å². The van der Waals surface area contributed by atoms with E-state index in [0.717, 1.165) is 0 Å². The van der Waals surface area contributed by atoms with Crippen molar-refractivity contribution in [2.45, 2.75) is 50.7 Å². The first-order valence-electron chi connectivity index (χ1n) is 12.4. The molecule has 14 heteroatoms. The van der Waals surface area contributed by atoms with Gasteiger partial charge in [-0.3, -0.25) is 9.59 Å². The maximum Gasteiger partial charge on any atom is 0.390 e. The van der Waals surface area contributed by atoms with Gasteiger partial charge in [-0.05, 0) is 50.3 Å². The first-order chi connectivity index (χ1) is 18.5.